The van der Waals surface area contributed by atoms with E-state index in [1.807, 2.05) is 5.38 Å². The van der Waals surface area contributed by atoms with Gasteiger partial charge in [0.15, 0.2) is 5.82 Å². The Labute approximate surface area is 175 Å². The van der Waals surface area contributed by atoms with E-state index in [1.54, 1.807) is 23.2 Å². The lowest BCUT2D eigenvalue weighted by atomic mass is 10.1. The maximum Gasteiger partial charge on any atom is 0.254 e. The Balaban J connectivity index is 1.37. The van der Waals surface area contributed by atoms with Gasteiger partial charge in [-0.25, -0.2) is 18.7 Å². The van der Waals surface area contributed by atoms with Crippen molar-refractivity contribution in [3.05, 3.63) is 83.0 Å². The number of nitrogens with zero attached hydrogens (tertiary/aromatic N) is 4. The maximum atomic E-state index is 13.2. The van der Waals surface area contributed by atoms with E-state index in [1.165, 1.54) is 47.7 Å². The first kappa shape index (κ1) is 18.6. The van der Waals surface area contributed by atoms with Crippen LogP contribution in [0.15, 0.2) is 60.1 Å². The van der Waals surface area contributed by atoms with Crippen LogP contribution >= 0.6 is 11.3 Å². The highest BCUT2D eigenvalue weighted by Crippen LogP contribution is 2.30. The Morgan fingerprint density at radius 2 is 1.67 bits per heavy atom. The summed E-state index contributed by atoms with van der Waals surface area (Å²) in [5, 5.41) is 2.73. The van der Waals surface area contributed by atoms with Crippen LogP contribution in [-0.2, 0) is 13.1 Å². The van der Waals surface area contributed by atoms with Gasteiger partial charge in [-0.1, -0.05) is 0 Å². The molecule has 0 unspecified atom stereocenters. The van der Waals surface area contributed by atoms with Crippen LogP contribution in [0.1, 0.15) is 16.1 Å². The Bertz CT molecular complexity index is 1210. The third kappa shape index (κ3) is 3.39. The highest BCUT2D eigenvalue weighted by molar-refractivity contribution is 7.13. The van der Waals surface area contributed by atoms with E-state index in [2.05, 4.69) is 14.5 Å². The lowest BCUT2D eigenvalue weighted by Gasteiger charge is -2.29. The zero-order chi connectivity index (χ0) is 20.7. The van der Waals surface area contributed by atoms with Gasteiger partial charge < -0.3 is 9.47 Å². The topological polar surface area (TPSA) is 51.0 Å². The second-order valence-corrected chi connectivity index (χ2v) is 7.86. The number of amides is 1. The monoisotopic (exact) mass is 422 g/mol. The zero-order valence-electron chi connectivity index (χ0n) is 15.8. The molecule has 3 heterocycles. The Morgan fingerprint density at radius 1 is 0.967 bits per heavy atom. The van der Waals surface area contributed by atoms with E-state index in [4.69, 9.17) is 0 Å². The van der Waals surface area contributed by atoms with Crippen LogP contribution in [0.5, 0.6) is 0 Å². The van der Waals surface area contributed by atoms with E-state index in [9.17, 15) is 13.6 Å². The SMILES string of the molecule is O=C(c1ccc(F)cc1)N1CCn2c(cnc2-c2csc(-c3ccc(F)cc3)n2)C1. The fourth-order valence-electron chi connectivity index (χ4n) is 3.54. The average Bonchev–Trinajstić information content (AvgIpc) is 3.41. The van der Waals surface area contributed by atoms with Gasteiger partial charge in [0, 0.05) is 29.6 Å². The number of halogens is 2. The Hall–Kier alpha value is -3.39. The van der Waals surface area contributed by atoms with Crippen LogP contribution in [0, 0.1) is 11.6 Å². The molecule has 0 radical (unpaired) electrons. The summed E-state index contributed by atoms with van der Waals surface area (Å²) < 4.78 is 28.3. The second kappa shape index (κ2) is 7.46. The molecule has 30 heavy (non-hydrogen) atoms. The van der Waals surface area contributed by atoms with Gasteiger partial charge in [-0.3, -0.25) is 4.79 Å². The molecule has 1 aliphatic rings. The van der Waals surface area contributed by atoms with Gasteiger partial charge in [-0.2, -0.15) is 0 Å². The number of benzene rings is 2. The predicted molar refractivity (Wildman–Crippen MR) is 110 cm³/mol. The number of hydrogen-bond donors (Lipinski definition) is 0. The number of carbonyl (C=O) groups is 1. The summed E-state index contributed by atoms with van der Waals surface area (Å²) in [5.41, 5.74) is 2.99. The van der Waals surface area contributed by atoms with E-state index < -0.39 is 0 Å². The first-order chi connectivity index (χ1) is 14.6. The molecule has 5 rings (SSSR count). The average molecular weight is 422 g/mol. The van der Waals surface area contributed by atoms with Crippen molar-refractivity contribution >= 4 is 17.2 Å². The summed E-state index contributed by atoms with van der Waals surface area (Å²) >= 11 is 1.48. The summed E-state index contributed by atoms with van der Waals surface area (Å²) in [7, 11) is 0. The summed E-state index contributed by atoms with van der Waals surface area (Å²) in [4.78, 5) is 23.6. The molecular formula is C22H16F2N4OS. The second-order valence-electron chi connectivity index (χ2n) is 7.00. The van der Waals surface area contributed by atoms with Crippen molar-refractivity contribution in [1.82, 2.24) is 19.4 Å². The van der Waals surface area contributed by atoms with Crippen LogP contribution in [0.3, 0.4) is 0 Å². The largest absolute Gasteiger partial charge is 0.331 e. The van der Waals surface area contributed by atoms with Crippen LogP contribution in [0.4, 0.5) is 8.78 Å². The lowest BCUT2D eigenvalue weighted by molar-refractivity contribution is 0.0711. The van der Waals surface area contributed by atoms with Crippen molar-refractivity contribution in [2.24, 2.45) is 0 Å². The molecule has 0 aliphatic carbocycles. The number of carbonyl (C=O) groups excluding carboxylic acids is 1. The molecular weight excluding hydrogens is 406 g/mol. The Morgan fingerprint density at radius 3 is 2.40 bits per heavy atom. The van der Waals surface area contributed by atoms with Gasteiger partial charge >= 0.3 is 0 Å². The van der Waals surface area contributed by atoms with Crippen molar-refractivity contribution in [1.29, 1.82) is 0 Å². The predicted octanol–water partition coefficient (Wildman–Crippen LogP) is 4.61. The van der Waals surface area contributed by atoms with E-state index in [0.29, 0.717) is 25.2 Å². The molecule has 0 bridgehead atoms. The summed E-state index contributed by atoms with van der Waals surface area (Å²) in [5.74, 6) is -0.0199. The van der Waals surface area contributed by atoms with Crippen molar-refractivity contribution in [3.63, 3.8) is 0 Å². The molecule has 2 aromatic heterocycles. The highest BCUT2D eigenvalue weighted by Gasteiger charge is 2.25. The molecule has 4 aromatic rings. The summed E-state index contributed by atoms with van der Waals surface area (Å²) in [6.07, 6.45) is 1.76. The maximum absolute atomic E-state index is 13.2. The third-order valence-corrected chi connectivity index (χ3v) is 5.98. The number of rotatable bonds is 3. The van der Waals surface area contributed by atoms with Gasteiger partial charge in [0.25, 0.3) is 5.91 Å². The Kier molecular flexibility index (Phi) is 4.63. The molecule has 2 aromatic carbocycles. The summed E-state index contributed by atoms with van der Waals surface area (Å²) in [6, 6.07) is 11.8. The number of aromatic nitrogens is 3. The fraction of sp³-hybridized carbons (Fsp3) is 0.136. The van der Waals surface area contributed by atoms with Gasteiger partial charge in [-0.05, 0) is 48.5 Å². The lowest BCUT2D eigenvalue weighted by Crippen LogP contribution is -2.38. The number of thiazole rings is 1. The van der Waals surface area contributed by atoms with Gasteiger partial charge in [0.1, 0.15) is 22.3 Å². The van der Waals surface area contributed by atoms with Gasteiger partial charge in [-0.15, -0.1) is 11.3 Å². The number of imidazole rings is 1. The highest BCUT2D eigenvalue weighted by atomic mass is 32.1. The number of hydrogen-bond acceptors (Lipinski definition) is 4. The fourth-order valence-corrected chi connectivity index (χ4v) is 4.34. The molecule has 150 valence electrons. The molecule has 1 amide bonds. The molecule has 8 heteroatoms. The molecule has 0 spiro atoms. The van der Waals surface area contributed by atoms with Crippen LogP contribution in [0.2, 0.25) is 0 Å². The summed E-state index contributed by atoms with van der Waals surface area (Å²) in [6.45, 7) is 1.56. The van der Waals surface area contributed by atoms with Crippen LogP contribution in [0.25, 0.3) is 22.1 Å². The van der Waals surface area contributed by atoms with Crippen molar-refractivity contribution < 1.29 is 13.6 Å². The zero-order valence-corrected chi connectivity index (χ0v) is 16.6. The molecule has 1 aliphatic heterocycles. The third-order valence-electron chi connectivity index (χ3n) is 5.09. The van der Waals surface area contributed by atoms with Crippen molar-refractivity contribution in [3.8, 4) is 22.1 Å². The molecule has 0 saturated heterocycles. The quantitative estimate of drug-likeness (QED) is 0.485. The molecule has 0 saturated carbocycles. The minimum atomic E-state index is -0.365. The van der Waals surface area contributed by atoms with E-state index in [0.717, 1.165) is 27.8 Å². The van der Waals surface area contributed by atoms with Gasteiger partial charge in [0.05, 0.1) is 18.4 Å². The molecule has 0 N–H and O–H groups in total. The minimum Gasteiger partial charge on any atom is -0.331 e. The standard InChI is InChI=1S/C22H16F2N4OS/c23-16-5-1-14(2-6-16)21-26-19(13-30-21)20-25-11-18-12-27(9-10-28(18)20)22(29)15-3-7-17(24)8-4-15/h1-8,11,13H,9-10,12H2. The minimum absolute atomic E-state index is 0.128. The molecule has 5 nitrogen and oxygen atoms in total. The van der Waals surface area contributed by atoms with Crippen LogP contribution < -0.4 is 0 Å². The molecule has 0 fully saturated rings. The van der Waals surface area contributed by atoms with Crippen molar-refractivity contribution in [2.75, 3.05) is 6.54 Å². The molecule has 0 atom stereocenters. The first-order valence-electron chi connectivity index (χ1n) is 9.39. The van der Waals surface area contributed by atoms with E-state index in [-0.39, 0.29) is 17.5 Å². The van der Waals surface area contributed by atoms with E-state index >= 15 is 0 Å². The smallest absolute Gasteiger partial charge is 0.254 e. The normalized spacial score (nSPS) is 13.3. The number of fused-ring (bicyclic) bond motifs is 1. The van der Waals surface area contributed by atoms with Crippen LogP contribution in [-0.4, -0.2) is 31.9 Å². The van der Waals surface area contributed by atoms with Gasteiger partial charge in [0.2, 0.25) is 0 Å². The first-order valence-corrected chi connectivity index (χ1v) is 10.3. The van der Waals surface area contributed by atoms with Crippen molar-refractivity contribution in [2.45, 2.75) is 13.1 Å².